The largest absolute Gasteiger partial charge is 0.390 e. The van der Waals surface area contributed by atoms with Crippen molar-refractivity contribution in [3.05, 3.63) is 47.8 Å². The van der Waals surface area contributed by atoms with E-state index < -0.39 is 12.2 Å². The summed E-state index contributed by atoms with van der Waals surface area (Å²) in [5.74, 6) is 0. The van der Waals surface area contributed by atoms with E-state index in [4.69, 9.17) is 5.11 Å². The Hall–Kier alpha value is -1.45. The third kappa shape index (κ3) is 3.96. The smallest absolute Gasteiger partial charge is 0.0980 e. The molecule has 0 aliphatic carbocycles. The number of aliphatic hydroxyl groups excluding tert-OH is 2. The molecule has 0 fully saturated rings. The highest BCUT2D eigenvalue weighted by atomic mass is 16.3. The van der Waals surface area contributed by atoms with Crippen LogP contribution in [0.2, 0.25) is 0 Å². The lowest BCUT2D eigenvalue weighted by molar-refractivity contribution is 0.0619. The predicted octanol–water partition coefficient (Wildman–Crippen LogP) is 1.70. The summed E-state index contributed by atoms with van der Waals surface area (Å²) in [6.45, 7) is 3.53. The lowest BCUT2D eigenvalue weighted by Gasteiger charge is -2.06. The average molecular weight is 219 g/mol. The van der Waals surface area contributed by atoms with Crippen molar-refractivity contribution in [2.75, 3.05) is 0 Å². The van der Waals surface area contributed by atoms with Crippen molar-refractivity contribution < 1.29 is 10.2 Å². The molecule has 0 spiro atoms. The molecule has 0 saturated carbocycles. The predicted molar refractivity (Wildman–Crippen MR) is 64.8 cm³/mol. The number of rotatable bonds is 4. The van der Waals surface area contributed by atoms with Crippen LogP contribution in [0.4, 0.5) is 0 Å². The lowest BCUT2D eigenvalue weighted by Crippen LogP contribution is -2.19. The Morgan fingerprint density at radius 2 is 2.06 bits per heavy atom. The summed E-state index contributed by atoms with van der Waals surface area (Å²) >= 11 is 0. The van der Waals surface area contributed by atoms with Crippen LogP contribution in [0.15, 0.2) is 36.6 Å². The summed E-state index contributed by atoms with van der Waals surface area (Å²) in [6, 6.07) is 3.88. The van der Waals surface area contributed by atoms with Gasteiger partial charge in [0.05, 0.1) is 17.9 Å². The summed E-state index contributed by atoms with van der Waals surface area (Å²) < 4.78 is 0. The molecule has 1 aromatic heterocycles. The van der Waals surface area contributed by atoms with Crippen molar-refractivity contribution in [3.63, 3.8) is 0 Å². The lowest BCUT2D eigenvalue weighted by atomic mass is 10.2. The van der Waals surface area contributed by atoms with Crippen LogP contribution in [-0.4, -0.2) is 27.4 Å². The third-order valence-corrected chi connectivity index (χ3v) is 2.22. The van der Waals surface area contributed by atoms with Crippen LogP contribution in [0.25, 0.3) is 6.08 Å². The van der Waals surface area contributed by atoms with Crippen LogP contribution in [0.5, 0.6) is 0 Å². The van der Waals surface area contributed by atoms with Gasteiger partial charge in [0.1, 0.15) is 0 Å². The van der Waals surface area contributed by atoms with E-state index in [0.717, 1.165) is 11.3 Å². The molecule has 3 heteroatoms. The minimum atomic E-state index is -0.825. The highest BCUT2D eigenvalue weighted by molar-refractivity contribution is 5.50. The minimum Gasteiger partial charge on any atom is -0.390 e. The van der Waals surface area contributed by atoms with Gasteiger partial charge in [-0.15, -0.1) is 0 Å². The highest BCUT2D eigenvalue weighted by Crippen LogP contribution is 2.05. The summed E-state index contributed by atoms with van der Waals surface area (Å²) in [6.07, 6.45) is 7.06. The molecular formula is C13H17NO2. The molecule has 0 aliphatic rings. The zero-order chi connectivity index (χ0) is 12.0. The number of aliphatic hydroxyl groups is 2. The number of aryl methyl sites for hydroxylation is 1. The van der Waals surface area contributed by atoms with Crippen molar-refractivity contribution in [1.82, 2.24) is 4.98 Å². The van der Waals surface area contributed by atoms with Crippen LogP contribution in [0, 0.1) is 6.92 Å². The molecule has 0 aliphatic heterocycles. The van der Waals surface area contributed by atoms with Gasteiger partial charge in [-0.05, 0) is 31.6 Å². The second-order valence-corrected chi connectivity index (χ2v) is 3.68. The van der Waals surface area contributed by atoms with Gasteiger partial charge in [-0.25, -0.2) is 0 Å². The third-order valence-electron chi connectivity index (χ3n) is 2.22. The van der Waals surface area contributed by atoms with Crippen LogP contribution in [0.1, 0.15) is 18.2 Å². The molecule has 1 rings (SSSR count). The molecule has 0 aromatic carbocycles. The number of nitrogens with zero attached hydrogens (tertiary/aromatic N) is 1. The fourth-order valence-corrected chi connectivity index (χ4v) is 1.16. The first kappa shape index (κ1) is 12.6. The number of hydrogen-bond acceptors (Lipinski definition) is 3. The molecule has 1 aromatic rings. The van der Waals surface area contributed by atoms with Crippen molar-refractivity contribution in [1.29, 1.82) is 0 Å². The van der Waals surface area contributed by atoms with E-state index in [1.54, 1.807) is 31.3 Å². The Morgan fingerprint density at radius 1 is 1.31 bits per heavy atom. The molecule has 1 heterocycles. The van der Waals surface area contributed by atoms with E-state index in [1.165, 1.54) is 0 Å². The van der Waals surface area contributed by atoms with Gasteiger partial charge < -0.3 is 10.2 Å². The molecular weight excluding hydrogens is 202 g/mol. The Kier molecular flexibility index (Phi) is 4.89. The van der Waals surface area contributed by atoms with Crippen molar-refractivity contribution >= 4 is 6.08 Å². The number of aromatic nitrogens is 1. The van der Waals surface area contributed by atoms with Crippen LogP contribution in [-0.2, 0) is 0 Å². The zero-order valence-corrected chi connectivity index (χ0v) is 9.54. The number of pyridine rings is 1. The van der Waals surface area contributed by atoms with E-state index >= 15 is 0 Å². The van der Waals surface area contributed by atoms with E-state index in [9.17, 15) is 5.11 Å². The van der Waals surface area contributed by atoms with Crippen LogP contribution >= 0.6 is 0 Å². The fraction of sp³-hybridized carbons (Fsp3) is 0.308. The maximum Gasteiger partial charge on any atom is 0.0980 e. The van der Waals surface area contributed by atoms with Crippen LogP contribution in [0.3, 0.4) is 0 Å². The van der Waals surface area contributed by atoms with Gasteiger partial charge in [0.2, 0.25) is 0 Å². The van der Waals surface area contributed by atoms with Gasteiger partial charge in [-0.1, -0.05) is 24.3 Å². The molecule has 0 radical (unpaired) electrons. The first-order valence-electron chi connectivity index (χ1n) is 5.24. The van der Waals surface area contributed by atoms with E-state index in [1.807, 2.05) is 25.1 Å². The summed E-state index contributed by atoms with van der Waals surface area (Å²) in [5.41, 5.74) is 2.00. The molecule has 2 atom stereocenters. The monoisotopic (exact) mass is 219 g/mol. The van der Waals surface area contributed by atoms with Gasteiger partial charge in [-0.2, -0.15) is 0 Å². The van der Waals surface area contributed by atoms with Crippen molar-refractivity contribution in [3.8, 4) is 0 Å². The average Bonchev–Trinajstić information content (AvgIpc) is 2.26. The maximum atomic E-state index is 9.29. The van der Waals surface area contributed by atoms with Crippen LogP contribution < -0.4 is 0 Å². The maximum absolute atomic E-state index is 9.29. The summed E-state index contributed by atoms with van der Waals surface area (Å²) in [5, 5.41) is 18.3. The standard InChI is InChI=1S/C13H17NO2/c1-10-6-5-9-14-12(10)7-3-4-8-13(16)11(2)15/h3-9,11,13,15-16H,1-2H3/b7-3+,8-4+/t11-,13-/m1/s1. The Bertz CT molecular complexity index is 383. The Labute approximate surface area is 95.8 Å². The summed E-state index contributed by atoms with van der Waals surface area (Å²) in [4.78, 5) is 4.20. The molecule has 2 N–H and O–H groups in total. The van der Waals surface area contributed by atoms with Crippen molar-refractivity contribution in [2.24, 2.45) is 0 Å². The first-order valence-corrected chi connectivity index (χ1v) is 5.24. The Balaban J connectivity index is 2.59. The van der Waals surface area contributed by atoms with Gasteiger partial charge in [0.15, 0.2) is 0 Å². The van der Waals surface area contributed by atoms with E-state index in [2.05, 4.69) is 4.98 Å². The minimum absolute atomic E-state index is 0.749. The molecule has 0 amide bonds. The topological polar surface area (TPSA) is 53.4 Å². The van der Waals surface area contributed by atoms with Gasteiger partial charge in [0, 0.05) is 6.20 Å². The van der Waals surface area contributed by atoms with Gasteiger partial charge in [0.25, 0.3) is 0 Å². The molecule has 0 unspecified atom stereocenters. The van der Waals surface area contributed by atoms with Gasteiger partial charge >= 0.3 is 0 Å². The Morgan fingerprint density at radius 3 is 2.69 bits per heavy atom. The normalized spacial score (nSPS) is 15.8. The van der Waals surface area contributed by atoms with Gasteiger partial charge in [-0.3, -0.25) is 4.98 Å². The first-order chi connectivity index (χ1) is 7.61. The van der Waals surface area contributed by atoms with E-state index in [0.29, 0.717) is 0 Å². The second-order valence-electron chi connectivity index (χ2n) is 3.68. The number of hydrogen-bond donors (Lipinski definition) is 2. The molecule has 3 nitrogen and oxygen atoms in total. The molecule has 0 saturated heterocycles. The summed E-state index contributed by atoms with van der Waals surface area (Å²) in [7, 11) is 0. The molecule has 86 valence electrons. The number of allylic oxidation sites excluding steroid dienone is 2. The van der Waals surface area contributed by atoms with E-state index in [-0.39, 0.29) is 0 Å². The highest BCUT2D eigenvalue weighted by Gasteiger charge is 2.04. The SMILES string of the molecule is Cc1cccnc1/C=C/C=C/[C@@H](O)[C@@H](C)O. The fourth-order valence-electron chi connectivity index (χ4n) is 1.16. The van der Waals surface area contributed by atoms with Crippen molar-refractivity contribution in [2.45, 2.75) is 26.1 Å². The molecule has 0 bridgehead atoms. The second kappa shape index (κ2) is 6.20. The zero-order valence-electron chi connectivity index (χ0n) is 9.54. The quantitative estimate of drug-likeness (QED) is 0.758. The molecule has 16 heavy (non-hydrogen) atoms.